The number of hydrogen-bond donors (Lipinski definition) is 3. The van der Waals surface area contributed by atoms with Gasteiger partial charge in [0.25, 0.3) is 0 Å². The molecule has 2 aromatic carbocycles. The van der Waals surface area contributed by atoms with Crippen molar-refractivity contribution in [3.05, 3.63) is 66.7 Å². The van der Waals surface area contributed by atoms with Crippen molar-refractivity contribution in [3.63, 3.8) is 0 Å². The number of hydrogen-bond acceptors (Lipinski definition) is 2. The molecule has 0 aromatic heterocycles. The molecule has 1 aliphatic carbocycles. The first-order valence-corrected chi connectivity index (χ1v) is 7.77. The minimum Gasteiger partial charge on any atom is -0.396 e. The summed E-state index contributed by atoms with van der Waals surface area (Å²) in [5.74, 6) is 0.144. The Hall–Kier alpha value is -2.59. The molecule has 3 rings (SSSR count). The van der Waals surface area contributed by atoms with Crippen LogP contribution in [-0.4, -0.2) is 23.8 Å². The highest BCUT2D eigenvalue weighted by molar-refractivity contribution is 5.90. The van der Waals surface area contributed by atoms with Crippen molar-refractivity contribution in [2.75, 3.05) is 11.9 Å². The van der Waals surface area contributed by atoms with Crippen molar-refractivity contribution in [3.8, 4) is 11.1 Å². The van der Waals surface area contributed by atoms with Crippen LogP contribution in [0.3, 0.4) is 0 Å². The van der Waals surface area contributed by atoms with Gasteiger partial charge < -0.3 is 15.7 Å². The lowest BCUT2D eigenvalue weighted by Gasteiger charge is -2.14. The minimum atomic E-state index is -0.231. The molecule has 0 heterocycles. The van der Waals surface area contributed by atoms with E-state index in [0.29, 0.717) is 0 Å². The van der Waals surface area contributed by atoms with Gasteiger partial charge in [0, 0.05) is 24.3 Å². The number of rotatable bonds is 4. The molecule has 3 N–H and O–H groups in total. The van der Waals surface area contributed by atoms with E-state index in [0.717, 1.165) is 23.2 Å². The summed E-state index contributed by atoms with van der Waals surface area (Å²) < 4.78 is 0. The Morgan fingerprint density at radius 1 is 1.00 bits per heavy atom. The fourth-order valence-corrected chi connectivity index (χ4v) is 2.73. The maximum Gasteiger partial charge on any atom is 0.319 e. The van der Waals surface area contributed by atoms with Crippen LogP contribution in [0, 0.1) is 5.92 Å². The SMILES string of the molecule is O=C(Nc1ccc(-c2ccccc2)cc1)N[C@@H]1C=C[C@H](CO)C1. The molecule has 118 valence electrons. The number of nitrogens with one attached hydrogen (secondary N) is 2. The van der Waals surface area contributed by atoms with E-state index in [2.05, 4.69) is 22.8 Å². The number of amides is 2. The van der Waals surface area contributed by atoms with Crippen molar-refractivity contribution < 1.29 is 9.90 Å². The van der Waals surface area contributed by atoms with Crippen molar-refractivity contribution in [2.24, 2.45) is 5.92 Å². The molecule has 4 nitrogen and oxygen atoms in total. The Morgan fingerprint density at radius 3 is 2.35 bits per heavy atom. The van der Waals surface area contributed by atoms with Crippen LogP contribution in [0.1, 0.15) is 6.42 Å². The zero-order valence-corrected chi connectivity index (χ0v) is 12.8. The Morgan fingerprint density at radius 2 is 1.70 bits per heavy atom. The molecule has 0 radical (unpaired) electrons. The van der Waals surface area contributed by atoms with E-state index < -0.39 is 0 Å². The quantitative estimate of drug-likeness (QED) is 0.758. The average molecular weight is 308 g/mol. The van der Waals surface area contributed by atoms with E-state index in [4.69, 9.17) is 5.11 Å². The van der Waals surface area contributed by atoms with Gasteiger partial charge >= 0.3 is 6.03 Å². The van der Waals surface area contributed by atoms with Gasteiger partial charge in [-0.25, -0.2) is 4.79 Å². The highest BCUT2D eigenvalue weighted by Gasteiger charge is 2.19. The predicted octanol–water partition coefficient (Wildman–Crippen LogP) is 3.41. The predicted molar refractivity (Wildman–Crippen MR) is 92.2 cm³/mol. The van der Waals surface area contributed by atoms with Crippen molar-refractivity contribution in [1.29, 1.82) is 0 Å². The second-order valence-electron chi connectivity index (χ2n) is 5.71. The summed E-state index contributed by atoms with van der Waals surface area (Å²) in [6, 6.07) is 17.6. The monoisotopic (exact) mass is 308 g/mol. The first-order chi connectivity index (χ1) is 11.2. The number of aliphatic hydroxyl groups is 1. The number of aliphatic hydroxyl groups excluding tert-OH is 1. The number of carbonyl (C=O) groups is 1. The molecule has 0 bridgehead atoms. The van der Waals surface area contributed by atoms with Gasteiger partial charge in [0.2, 0.25) is 0 Å². The van der Waals surface area contributed by atoms with Crippen LogP contribution < -0.4 is 10.6 Å². The molecular weight excluding hydrogens is 288 g/mol. The summed E-state index contributed by atoms with van der Waals surface area (Å²) in [4.78, 5) is 12.0. The second kappa shape index (κ2) is 7.11. The Kier molecular flexibility index (Phi) is 4.74. The third kappa shape index (κ3) is 3.99. The largest absolute Gasteiger partial charge is 0.396 e. The molecule has 1 aliphatic rings. The average Bonchev–Trinajstić information content (AvgIpc) is 3.04. The normalized spacial score (nSPS) is 19.5. The van der Waals surface area contributed by atoms with Crippen molar-refractivity contribution >= 4 is 11.7 Å². The topological polar surface area (TPSA) is 61.4 Å². The number of benzene rings is 2. The number of urea groups is 1. The van der Waals surface area contributed by atoms with E-state index in [9.17, 15) is 4.79 Å². The molecule has 2 aromatic rings. The van der Waals surface area contributed by atoms with E-state index in [1.165, 1.54) is 0 Å². The van der Waals surface area contributed by atoms with Crippen molar-refractivity contribution in [2.45, 2.75) is 12.5 Å². The third-order valence-corrected chi connectivity index (χ3v) is 3.97. The van der Waals surface area contributed by atoms with Gasteiger partial charge in [0.1, 0.15) is 0 Å². The van der Waals surface area contributed by atoms with E-state index >= 15 is 0 Å². The number of carbonyl (C=O) groups excluding carboxylic acids is 1. The van der Waals surface area contributed by atoms with Crippen LogP contribution in [0.25, 0.3) is 11.1 Å². The lowest BCUT2D eigenvalue weighted by atomic mass is 10.1. The lowest BCUT2D eigenvalue weighted by molar-refractivity contribution is 0.238. The zero-order chi connectivity index (χ0) is 16.1. The Labute approximate surface area is 135 Å². The van der Waals surface area contributed by atoms with Gasteiger partial charge in [-0.2, -0.15) is 0 Å². The summed E-state index contributed by atoms with van der Waals surface area (Å²) >= 11 is 0. The van der Waals surface area contributed by atoms with Crippen LogP contribution in [0.15, 0.2) is 66.7 Å². The first kappa shape index (κ1) is 15.3. The molecular formula is C19H20N2O2. The van der Waals surface area contributed by atoms with E-state index in [1.807, 2.05) is 54.6 Å². The van der Waals surface area contributed by atoms with Gasteiger partial charge in [-0.15, -0.1) is 0 Å². The summed E-state index contributed by atoms with van der Waals surface area (Å²) in [6.45, 7) is 0.122. The smallest absolute Gasteiger partial charge is 0.319 e. The van der Waals surface area contributed by atoms with Gasteiger partial charge in [-0.3, -0.25) is 0 Å². The molecule has 23 heavy (non-hydrogen) atoms. The summed E-state index contributed by atoms with van der Waals surface area (Å²) in [7, 11) is 0. The van der Waals surface area contributed by atoms with Crippen LogP contribution in [0.2, 0.25) is 0 Å². The van der Waals surface area contributed by atoms with E-state index in [1.54, 1.807) is 0 Å². The van der Waals surface area contributed by atoms with Crippen LogP contribution in [-0.2, 0) is 0 Å². The standard InChI is InChI=1S/C19H20N2O2/c22-13-14-6-9-18(12-14)21-19(23)20-17-10-7-16(8-11-17)15-4-2-1-3-5-15/h1-11,14,18,22H,12-13H2,(H2,20,21,23)/t14-,18+/m0/s1. The van der Waals surface area contributed by atoms with Gasteiger partial charge in [-0.1, -0.05) is 54.6 Å². The Balaban J connectivity index is 1.56. The second-order valence-corrected chi connectivity index (χ2v) is 5.71. The fraction of sp³-hybridized carbons (Fsp3) is 0.211. The number of anilines is 1. The minimum absolute atomic E-state index is 0.0178. The fourth-order valence-electron chi connectivity index (χ4n) is 2.73. The van der Waals surface area contributed by atoms with Crippen molar-refractivity contribution in [1.82, 2.24) is 5.32 Å². The summed E-state index contributed by atoms with van der Waals surface area (Å²) in [5.41, 5.74) is 3.01. The zero-order valence-electron chi connectivity index (χ0n) is 12.8. The molecule has 0 spiro atoms. The molecule has 2 amide bonds. The van der Waals surface area contributed by atoms with E-state index in [-0.39, 0.29) is 24.6 Å². The molecule has 0 aliphatic heterocycles. The maximum absolute atomic E-state index is 12.0. The summed E-state index contributed by atoms with van der Waals surface area (Å²) in [6.07, 6.45) is 4.62. The lowest BCUT2D eigenvalue weighted by Crippen LogP contribution is -2.36. The maximum atomic E-state index is 12.0. The molecule has 2 atom stereocenters. The highest BCUT2D eigenvalue weighted by Crippen LogP contribution is 2.21. The molecule has 0 fully saturated rings. The highest BCUT2D eigenvalue weighted by atomic mass is 16.3. The van der Waals surface area contributed by atoms with Crippen LogP contribution in [0.4, 0.5) is 10.5 Å². The molecule has 0 saturated heterocycles. The van der Waals surface area contributed by atoms with Gasteiger partial charge in [0.05, 0.1) is 0 Å². The summed E-state index contributed by atoms with van der Waals surface area (Å²) in [5, 5.41) is 14.8. The molecule has 4 heteroatoms. The molecule has 0 unspecified atom stereocenters. The molecule has 0 saturated carbocycles. The Bertz CT molecular complexity index is 680. The van der Waals surface area contributed by atoms with Gasteiger partial charge in [0.15, 0.2) is 0 Å². The first-order valence-electron chi connectivity index (χ1n) is 7.77. The third-order valence-electron chi connectivity index (χ3n) is 3.97. The van der Waals surface area contributed by atoms with Gasteiger partial charge in [-0.05, 0) is 29.7 Å². The van der Waals surface area contributed by atoms with Crippen LogP contribution >= 0.6 is 0 Å². The van der Waals surface area contributed by atoms with Crippen LogP contribution in [0.5, 0.6) is 0 Å².